The lowest BCUT2D eigenvalue weighted by Crippen LogP contribution is -2.08. The number of halogens is 2. The number of rotatable bonds is 3. The molecular weight excluding hydrogens is 299 g/mol. The van der Waals surface area contributed by atoms with Crippen LogP contribution in [0.15, 0.2) is 18.2 Å². The molecule has 0 N–H and O–H groups in total. The van der Waals surface area contributed by atoms with Gasteiger partial charge in [-0.1, -0.05) is 29.3 Å². The van der Waals surface area contributed by atoms with Crippen LogP contribution < -0.4 is 0 Å². The van der Waals surface area contributed by atoms with Gasteiger partial charge in [0, 0.05) is 0 Å². The maximum absolute atomic E-state index is 12.0. The van der Waals surface area contributed by atoms with E-state index in [9.17, 15) is 4.79 Å². The average Bonchev–Trinajstić information content (AvgIpc) is 2.65. The van der Waals surface area contributed by atoms with Gasteiger partial charge in [-0.2, -0.15) is 5.10 Å². The SMILES string of the molecule is CCOC(=O)c1c(C)nn(-c2c(Cl)cccc2Cl)c1C. The number of benzene rings is 1. The summed E-state index contributed by atoms with van der Waals surface area (Å²) < 4.78 is 6.62. The molecule has 6 heteroatoms. The van der Waals surface area contributed by atoms with Crippen molar-refractivity contribution in [3.8, 4) is 5.69 Å². The van der Waals surface area contributed by atoms with E-state index in [0.29, 0.717) is 39.3 Å². The number of ether oxygens (including phenoxy) is 1. The van der Waals surface area contributed by atoms with Gasteiger partial charge in [-0.25, -0.2) is 9.48 Å². The molecule has 0 saturated heterocycles. The predicted octanol–water partition coefficient (Wildman–Crippen LogP) is 3.97. The van der Waals surface area contributed by atoms with Gasteiger partial charge in [0.25, 0.3) is 0 Å². The summed E-state index contributed by atoms with van der Waals surface area (Å²) in [6.45, 7) is 5.61. The van der Waals surface area contributed by atoms with Crippen molar-refractivity contribution in [1.82, 2.24) is 9.78 Å². The molecule has 2 rings (SSSR count). The van der Waals surface area contributed by atoms with E-state index < -0.39 is 5.97 Å². The summed E-state index contributed by atoms with van der Waals surface area (Å²) in [5.41, 5.74) is 2.24. The molecule has 2 aromatic rings. The minimum atomic E-state index is -0.392. The zero-order valence-electron chi connectivity index (χ0n) is 11.4. The third-order valence-corrected chi connectivity index (χ3v) is 3.53. The molecule has 0 aliphatic heterocycles. The van der Waals surface area contributed by atoms with Gasteiger partial charge in [-0.05, 0) is 32.9 Å². The first-order valence-electron chi connectivity index (χ1n) is 6.15. The van der Waals surface area contributed by atoms with Crippen molar-refractivity contribution in [2.45, 2.75) is 20.8 Å². The smallest absolute Gasteiger partial charge is 0.341 e. The molecule has 0 unspecified atom stereocenters. The van der Waals surface area contributed by atoms with Crippen LogP contribution in [0.3, 0.4) is 0 Å². The second-order valence-electron chi connectivity index (χ2n) is 4.25. The van der Waals surface area contributed by atoms with Crippen LogP contribution in [0, 0.1) is 13.8 Å². The van der Waals surface area contributed by atoms with Gasteiger partial charge in [0.05, 0.1) is 28.0 Å². The Kier molecular flexibility index (Phi) is 4.35. The van der Waals surface area contributed by atoms with Crippen molar-refractivity contribution in [2.75, 3.05) is 6.61 Å². The molecule has 0 aliphatic rings. The summed E-state index contributed by atoms with van der Waals surface area (Å²) >= 11 is 12.4. The number of esters is 1. The predicted molar refractivity (Wildman–Crippen MR) is 79.0 cm³/mol. The Hall–Kier alpha value is -1.52. The standard InChI is InChI=1S/C14H14Cl2N2O2/c1-4-20-14(19)12-8(2)17-18(9(12)3)13-10(15)6-5-7-11(13)16/h5-7H,4H2,1-3H3. The van der Waals surface area contributed by atoms with E-state index in [4.69, 9.17) is 27.9 Å². The number of aryl methyl sites for hydroxylation is 1. The monoisotopic (exact) mass is 312 g/mol. The Labute approximate surface area is 127 Å². The molecule has 1 aromatic carbocycles. The lowest BCUT2D eigenvalue weighted by molar-refractivity contribution is 0.0524. The lowest BCUT2D eigenvalue weighted by Gasteiger charge is -2.09. The highest BCUT2D eigenvalue weighted by molar-refractivity contribution is 6.37. The van der Waals surface area contributed by atoms with Gasteiger partial charge >= 0.3 is 5.97 Å². The minimum Gasteiger partial charge on any atom is -0.462 e. The highest BCUT2D eigenvalue weighted by Crippen LogP contribution is 2.30. The Morgan fingerprint density at radius 3 is 2.45 bits per heavy atom. The van der Waals surface area contributed by atoms with Gasteiger partial charge in [-0.15, -0.1) is 0 Å². The van der Waals surface area contributed by atoms with Crippen molar-refractivity contribution in [1.29, 1.82) is 0 Å². The van der Waals surface area contributed by atoms with Crippen molar-refractivity contribution in [3.63, 3.8) is 0 Å². The summed E-state index contributed by atoms with van der Waals surface area (Å²) in [5.74, 6) is -0.392. The molecular formula is C14H14Cl2N2O2. The zero-order valence-corrected chi connectivity index (χ0v) is 12.9. The normalized spacial score (nSPS) is 10.7. The third-order valence-electron chi connectivity index (χ3n) is 2.92. The van der Waals surface area contributed by atoms with Gasteiger partial charge in [0.1, 0.15) is 11.3 Å². The van der Waals surface area contributed by atoms with Gasteiger partial charge < -0.3 is 4.74 Å². The van der Waals surface area contributed by atoms with Crippen LogP contribution in [0.1, 0.15) is 28.7 Å². The fourth-order valence-corrected chi connectivity index (χ4v) is 2.61. The van der Waals surface area contributed by atoms with Crippen LogP contribution in [0.4, 0.5) is 0 Å². The second-order valence-corrected chi connectivity index (χ2v) is 5.06. The Morgan fingerprint density at radius 2 is 1.90 bits per heavy atom. The molecule has 0 amide bonds. The minimum absolute atomic E-state index is 0.315. The van der Waals surface area contributed by atoms with Crippen molar-refractivity contribution >= 4 is 29.2 Å². The van der Waals surface area contributed by atoms with Crippen LogP contribution in [-0.2, 0) is 4.74 Å². The Bertz CT molecular complexity index is 645. The lowest BCUT2D eigenvalue weighted by atomic mass is 10.2. The molecule has 0 saturated carbocycles. The molecule has 0 aliphatic carbocycles. The van der Waals surface area contributed by atoms with E-state index in [1.54, 1.807) is 43.7 Å². The maximum Gasteiger partial charge on any atom is 0.341 e. The summed E-state index contributed by atoms with van der Waals surface area (Å²) in [7, 11) is 0. The first-order chi connectivity index (χ1) is 9.47. The highest BCUT2D eigenvalue weighted by atomic mass is 35.5. The number of aromatic nitrogens is 2. The average molecular weight is 313 g/mol. The number of nitrogens with zero attached hydrogens (tertiary/aromatic N) is 2. The molecule has 20 heavy (non-hydrogen) atoms. The van der Waals surface area contributed by atoms with E-state index in [2.05, 4.69) is 5.10 Å². The third kappa shape index (κ3) is 2.53. The molecule has 0 spiro atoms. The van der Waals surface area contributed by atoms with Crippen molar-refractivity contribution in [2.24, 2.45) is 0 Å². The summed E-state index contributed by atoms with van der Waals surface area (Å²) in [6, 6.07) is 5.21. The number of carbonyl (C=O) groups excluding carboxylic acids is 1. The van der Waals surface area contributed by atoms with E-state index >= 15 is 0 Å². The summed E-state index contributed by atoms with van der Waals surface area (Å²) in [4.78, 5) is 12.0. The molecule has 0 fully saturated rings. The van der Waals surface area contributed by atoms with Crippen LogP contribution in [0.5, 0.6) is 0 Å². The molecule has 0 radical (unpaired) electrons. The number of carbonyl (C=O) groups is 1. The fourth-order valence-electron chi connectivity index (χ4n) is 2.05. The molecule has 1 aromatic heterocycles. The van der Waals surface area contributed by atoms with E-state index in [0.717, 1.165) is 0 Å². The quantitative estimate of drug-likeness (QED) is 0.805. The largest absolute Gasteiger partial charge is 0.462 e. The topological polar surface area (TPSA) is 44.1 Å². The number of hydrogen-bond acceptors (Lipinski definition) is 3. The van der Waals surface area contributed by atoms with E-state index in [1.807, 2.05) is 0 Å². The molecule has 0 bridgehead atoms. The van der Waals surface area contributed by atoms with Gasteiger partial charge in [0.15, 0.2) is 0 Å². The van der Waals surface area contributed by atoms with Crippen molar-refractivity contribution in [3.05, 3.63) is 45.2 Å². The molecule has 4 nitrogen and oxygen atoms in total. The molecule has 1 heterocycles. The number of hydrogen-bond donors (Lipinski definition) is 0. The van der Waals surface area contributed by atoms with Gasteiger partial charge in [0.2, 0.25) is 0 Å². The maximum atomic E-state index is 12.0. The van der Waals surface area contributed by atoms with Crippen LogP contribution in [0.25, 0.3) is 5.69 Å². The number of para-hydroxylation sites is 1. The molecule has 0 atom stereocenters. The van der Waals surface area contributed by atoms with E-state index in [1.165, 1.54) is 0 Å². The second kappa shape index (κ2) is 5.85. The first kappa shape index (κ1) is 14.9. The van der Waals surface area contributed by atoms with E-state index in [-0.39, 0.29) is 0 Å². The first-order valence-corrected chi connectivity index (χ1v) is 6.90. The van der Waals surface area contributed by atoms with Crippen LogP contribution >= 0.6 is 23.2 Å². The fraction of sp³-hybridized carbons (Fsp3) is 0.286. The molecule has 106 valence electrons. The van der Waals surface area contributed by atoms with Crippen LogP contribution in [0.2, 0.25) is 10.0 Å². The summed E-state index contributed by atoms with van der Waals surface area (Å²) in [5, 5.41) is 5.29. The van der Waals surface area contributed by atoms with Crippen molar-refractivity contribution < 1.29 is 9.53 Å². The Balaban J connectivity index is 2.61. The highest BCUT2D eigenvalue weighted by Gasteiger charge is 2.22. The summed E-state index contributed by atoms with van der Waals surface area (Å²) in [6.07, 6.45) is 0. The zero-order chi connectivity index (χ0) is 14.9. The van der Waals surface area contributed by atoms with Crippen LogP contribution in [-0.4, -0.2) is 22.4 Å². The van der Waals surface area contributed by atoms with Gasteiger partial charge in [-0.3, -0.25) is 0 Å². The Morgan fingerprint density at radius 1 is 1.30 bits per heavy atom.